The zero-order valence-electron chi connectivity index (χ0n) is 15.0. The van der Waals surface area contributed by atoms with E-state index in [-0.39, 0.29) is 17.8 Å². The van der Waals surface area contributed by atoms with Gasteiger partial charge in [0.1, 0.15) is 5.75 Å². The van der Waals surface area contributed by atoms with Crippen LogP contribution in [0.3, 0.4) is 0 Å². The largest absolute Gasteiger partial charge is 0.496 e. The van der Waals surface area contributed by atoms with E-state index in [1.54, 1.807) is 18.9 Å². The van der Waals surface area contributed by atoms with Crippen LogP contribution in [0.15, 0.2) is 24.3 Å². The van der Waals surface area contributed by atoms with Crippen molar-refractivity contribution >= 4 is 11.9 Å². The summed E-state index contributed by atoms with van der Waals surface area (Å²) in [6, 6.07) is 7.58. The van der Waals surface area contributed by atoms with Crippen LogP contribution in [0.5, 0.6) is 5.75 Å². The van der Waals surface area contributed by atoms with Gasteiger partial charge in [0.05, 0.1) is 25.0 Å². The average Bonchev–Trinajstić information content (AvgIpc) is 2.61. The number of likely N-dealkylation sites (tertiary alicyclic amines) is 1. The van der Waals surface area contributed by atoms with Gasteiger partial charge in [-0.2, -0.15) is 0 Å². The van der Waals surface area contributed by atoms with Gasteiger partial charge in [0.2, 0.25) is 5.91 Å². The Morgan fingerprint density at radius 2 is 2.00 bits per heavy atom. The van der Waals surface area contributed by atoms with Crippen molar-refractivity contribution in [1.29, 1.82) is 0 Å². The van der Waals surface area contributed by atoms with Crippen molar-refractivity contribution in [2.75, 3.05) is 26.8 Å². The number of rotatable bonds is 5. The third-order valence-electron chi connectivity index (χ3n) is 4.64. The second kappa shape index (κ2) is 7.69. The molecule has 0 aliphatic carbocycles. The normalized spacial score (nSPS) is 18.2. The Balaban J connectivity index is 2.18. The second-order valence-electron chi connectivity index (χ2n) is 6.67. The molecule has 1 saturated heterocycles. The van der Waals surface area contributed by atoms with Crippen LogP contribution in [0.1, 0.15) is 39.2 Å². The van der Waals surface area contributed by atoms with Gasteiger partial charge in [-0.25, -0.2) is 0 Å². The molecule has 1 aliphatic heterocycles. The van der Waals surface area contributed by atoms with Gasteiger partial charge in [0.25, 0.3) is 0 Å². The van der Waals surface area contributed by atoms with Crippen molar-refractivity contribution in [3.05, 3.63) is 29.8 Å². The van der Waals surface area contributed by atoms with Gasteiger partial charge in [-0.05, 0) is 39.7 Å². The van der Waals surface area contributed by atoms with Crippen LogP contribution in [-0.2, 0) is 19.7 Å². The van der Waals surface area contributed by atoms with Crippen molar-refractivity contribution in [1.82, 2.24) is 4.90 Å². The van der Waals surface area contributed by atoms with Gasteiger partial charge in [0, 0.05) is 18.7 Å². The maximum absolute atomic E-state index is 13.1. The fourth-order valence-electron chi connectivity index (χ4n) is 3.29. The van der Waals surface area contributed by atoms with Crippen LogP contribution in [0.2, 0.25) is 0 Å². The molecular weight excluding hydrogens is 306 g/mol. The third-order valence-corrected chi connectivity index (χ3v) is 4.64. The molecule has 1 aliphatic rings. The van der Waals surface area contributed by atoms with Crippen LogP contribution in [0, 0.1) is 5.92 Å². The number of esters is 1. The minimum atomic E-state index is -0.719. The van der Waals surface area contributed by atoms with Crippen LogP contribution in [0.4, 0.5) is 0 Å². The highest BCUT2D eigenvalue weighted by atomic mass is 16.5. The lowest BCUT2D eigenvalue weighted by molar-refractivity contribution is -0.152. The lowest BCUT2D eigenvalue weighted by atomic mass is 9.81. The number of carbonyl (C=O) groups excluding carboxylic acids is 2. The van der Waals surface area contributed by atoms with E-state index in [1.807, 2.05) is 38.1 Å². The first-order chi connectivity index (χ1) is 11.4. The number of piperidine rings is 1. The van der Waals surface area contributed by atoms with Crippen LogP contribution >= 0.6 is 0 Å². The Kier molecular flexibility index (Phi) is 5.86. The molecule has 1 fully saturated rings. The summed E-state index contributed by atoms with van der Waals surface area (Å²) in [7, 11) is 1.61. The number of para-hydroxylation sites is 1. The van der Waals surface area contributed by atoms with Gasteiger partial charge in [0.15, 0.2) is 0 Å². The van der Waals surface area contributed by atoms with Crippen molar-refractivity contribution in [3.8, 4) is 5.75 Å². The molecule has 0 saturated carbocycles. The molecule has 1 aromatic carbocycles. The Hall–Kier alpha value is -2.04. The summed E-state index contributed by atoms with van der Waals surface area (Å²) in [6.07, 6.45) is 1.59. The van der Waals surface area contributed by atoms with Crippen LogP contribution in [0.25, 0.3) is 0 Å². The Bertz CT molecular complexity index is 597. The summed E-state index contributed by atoms with van der Waals surface area (Å²) in [4.78, 5) is 26.9. The summed E-state index contributed by atoms with van der Waals surface area (Å²) in [6.45, 7) is 7.08. The predicted octanol–water partition coefficient (Wildman–Crippen LogP) is 2.77. The minimum absolute atomic E-state index is 0.0148. The fraction of sp³-hybridized carbons (Fsp3) is 0.579. The van der Waals surface area contributed by atoms with E-state index in [1.165, 1.54) is 0 Å². The lowest BCUT2D eigenvalue weighted by Gasteiger charge is -2.37. The SMILES string of the molecule is CCOC(=O)C1CCCN(C(=O)C(C)(C)c2ccccc2OC)C1. The second-order valence-corrected chi connectivity index (χ2v) is 6.67. The molecule has 132 valence electrons. The van der Waals surface area contributed by atoms with E-state index in [9.17, 15) is 9.59 Å². The molecule has 1 aromatic rings. The van der Waals surface area contributed by atoms with Crippen molar-refractivity contribution < 1.29 is 19.1 Å². The number of amides is 1. The van der Waals surface area contributed by atoms with E-state index < -0.39 is 5.41 Å². The topological polar surface area (TPSA) is 55.8 Å². The van der Waals surface area contributed by atoms with E-state index in [0.717, 1.165) is 18.4 Å². The molecule has 0 aromatic heterocycles. The van der Waals surface area contributed by atoms with Crippen molar-refractivity contribution in [2.45, 2.75) is 39.0 Å². The van der Waals surface area contributed by atoms with Crippen molar-refractivity contribution in [2.24, 2.45) is 5.92 Å². The zero-order chi connectivity index (χ0) is 17.7. The highest BCUT2D eigenvalue weighted by Gasteiger charge is 2.39. The third kappa shape index (κ3) is 3.71. The summed E-state index contributed by atoms with van der Waals surface area (Å²) >= 11 is 0. The molecule has 1 amide bonds. The molecule has 0 radical (unpaired) electrons. The van der Waals surface area contributed by atoms with Crippen LogP contribution in [-0.4, -0.2) is 43.6 Å². The Labute approximate surface area is 143 Å². The molecule has 2 rings (SSSR count). The first kappa shape index (κ1) is 18.3. The quantitative estimate of drug-likeness (QED) is 0.778. The number of hydrogen-bond acceptors (Lipinski definition) is 4. The monoisotopic (exact) mass is 333 g/mol. The Morgan fingerprint density at radius 1 is 1.29 bits per heavy atom. The van der Waals surface area contributed by atoms with Crippen LogP contribution < -0.4 is 4.74 Å². The van der Waals surface area contributed by atoms with Gasteiger partial charge >= 0.3 is 5.97 Å². The molecule has 1 heterocycles. The molecule has 5 nitrogen and oxygen atoms in total. The predicted molar refractivity (Wildman–Crippen MR) is 92.0 cm³/mol. The van der Waals surface area contributed by atoms with Gasteiger partial charge in [-0.3, -0.25) is 9.59 Å². The fourth-order valence-corrected chi connectivity index (χ4v) is 3.29. The summed E-state index contributed by atoms with van der Waals surface area (Å²) in [5, 5.41) is 0. The molecule has 0 bridgehead atoms. The summed E-state index contributed by atoms with van der Waals surface area (Å²) in [5.74, 6) is 0.289. The number of methoxy groups -OCH3 is 1. The Morgan fingerprint density at radius 3 is 2.67 bits per heavy atom. The average molecular weight is 333 g/mol. The molecule has 1 atom stereocenters. The maximum Gasteiger partial charge on any atom is 0.310 e. The molecule has 1 unspecified atom stereocenters. The number of nitrogens with zero attached hydrogens (tertiary/aromatic N) is 1. The summed E-state index contributed by atoms with van der Waals surface area (Å²) in [5.41, 5.74) is 0.138. The zero-order valence-corrected chi connectivity index (χ0v) is 15.0. The maximum atomic E-state index is 13.1. The smallest absolute Gasteiger partial charge is 0.310 e. The van der Waals surface area contributed by atoms with E-state index >= 15 is 0 Å². The van der Waals surface area contributed by atoms with E-state index in [2.05, 4.69) is 0 Å². The number of benzene rings is 1. The highest BCUT2D eigenvalue weighted by Crippen LogP contribution is 2.34. The molecule has 5 heteroatoms. The van der Waals surface area contributed by atoms with Gasteiger partial charge in [-0.1, -0.05) is 18.2 Å². The highest BCUT2D eigenvalue weighted by molar-refractivity contribution is 5.88. The molecule has 0 spiro atoms. The molecular formula is C19H27NO4. The first-order valence-corrected chi connectivity index (χ1v) is 8.51. The van der Waals surface area contributed by atoms with E-state index in [0.29, 0.717) is 25.4 Å². The minimum Gasteiger partial charge on any atom is -0.496 e. The number of carbonyl (C=O) groups is 2. The standard InChI is InChI=1S/C19H27NO4/c1-5-24-17(21)14-9-8-12-20(13-14)18(22)19(2,3)15-10-6-7-11-16(15)23-4/h6-7,10-11,14H,5,8-9,12-13H2,1-4H3. The number of ether oxygens (including phenoxy) is 2. The molecule has 24 heavy (non-hydrogen) atoms. The molecule has 0 N–H and O–H groups in total. The van der Waals surface area contributed by atoms with Gasteiger partial charge < -0.3 is 14.4 Å². The van der Waals surface area contributed by atoms with E-state index in [4.69, 9.17) is 9.47 Å². The lowest BCUT2D eigenvalue weighted by Crippen LogP contribution is -2.49. The summed E-state index contributed by atoms with van der Waals surface area (Å²) < 4.78 is 10.5. The first-order valence-electron chi connectivity index (χ1n) is 8.51. The van der Waals surface area contributed by atoms with Gasteiger partial charge in [-0.15, -0.1) is 0 Å². The van der Waals surface area contributed by atoms with Crippen molar-refractivity contribution in [3.63, 3.8) is 0 Å². The number of hydrogen-bond donors (Lipinski definition) is 0.